The van der Waals surface area contributed by atoms with E-state index >= 15 is 0 Å². The zero-order valence-electron chi connectivity index (χ0n) is 16.1. The molecule has 6 nitrogen and oxygen atoms in total. The molecule has 0 saturated carbocycles. The summed E-state index contributed by atoms with van der Waals surface area (Å²) in [5.74, 6) is 1.62. The fourth-order valence-corrected chi connectivity index (χ4v) is 3.14. The Morgan fingerprint density at radius 2 is 1.93 bits per heavy atom. The Hall–Kier alpha value is -3.80. The molecule has 0 radical (unpaired) electrons. The number of fused-ring (bicyclic) bond motifs is 1. The van der Waals surface area contributed by atoms with E-state index in [0.717, 1.165) is 39.3 Å². The third-order valence-corrected chi connectivity index (χ3v) is 4.61. The molecule has 146 valence electrons. The van der Waals surface area contributed by atoms with Gasteiger partial charge in [0.25, 0.3) is 5.91 Å². The van der Waals surface area contributed by atoms with Crippen molar-refractivity contribution in [1.82, 2.24) is 4.98 Å². The summed E-state index contributed by atoms with van der Waals surface area (Å²) < 4.78 is 16.8. The van der Waals surface area contributed by atoms with Crippen LogP contribution < -0.4 is 5.73 Å². The minimum Gasteiger partial charge on any atom is -0.491 e. The van der Waals surface area contributed by atoms with Gasteiger partial charge in [-0.25, -0.2) is 4.98 Å². The number of oxazole rings is 1. The summed E-state index contributed by atoms with van der Waals surface area (Å²) in [7, 11) is 1.41. The van der Waals surface area contributed by atoms with Gasteiger partial charge in [-0.05, 0) is 48.9 Å². The number of rotatable bonds is 6. The fraction of sp³-hybridized carbons (Fsp3) is 0.130. The topological polar surface area (TPSA) is 91.5 Å². The minimum absolute atomic E-state index is 0.0970. The normalized spacial score (nSPS) is 11.7. The number of primary amides is 1. The van der Waals surface area contributed by atoms with Gasteiger partial charge in [0.05, 0.1) is 19.2 Å². The summed E-state index contributed by atoms with van der Waals surface area (Å²) in [6.45, 7) is 1.90. The molecule has 1 amide bonds. The van der Waals surface area contributed by atoms with E-state index in [1.807, 2.05) is 61.5 Å². The van der Waals surface area contributed by atoms with Gasteiger partial charge in [-0.15, -0.1) is 0 Å². The number of furan rings is 1. The first-order valence-electron chi connectivity index (χ1n) is 9.13. The summed E-state index contributed by atoms with van der Waals surface area (Å²) in [4.78, 5) is 16.0. The average molecular weight is 388 g/mol. The second kappa shape index (κ2) is 7.67. The molecule has 29 heavy (non-hydrogen) atoms. The highest BCUT2D eigenvalue weighted by molar-refractivity contribution is 5.95. The van der Waals surface area contributed by atoms with Crippen LogP contribution in [0.4, 0.5) is 0 Å². The number of aryl methyl sites for hydroxylation is 1. The Bertz CT molecular complexity index is 1200. The Balaban J connectivity index is 1.61. The Labute approximate surface area is 167 Å². The number of nitrogens with two attached hydrogens (primary N) is 1. The van der Waals surface area contributed by atoms with Crippen LogP contribution in [0.1, 0.15) is 22.8 Å². The van der Waals surface area contributed by atoms with Crippen LogP contribution in [-0.4, -0.2) is 18.0 Å². The molecule has 0 aliphatic rings. The van der Waals surface area contributed by atoms with Gasteiger partial charge in [0, 0.05) is 10.9 Å². The first-order chi connectivity index (χ1) is 14.0. The van der Waals surface area contributed by atoms with Gasteiger partial charge in [0.2, 0.25) is 5.89 Å². The molecule has 2 aromatic carbocycles. The van der Waals surface area contributed by atoms with E-state index in [1.165, 1.54) is 7.11 Å². The van der Waals surface area contributed by atoms with Gasteiger partial charge in [0.1, 0.15) is 17.1 Å². The van der Waals surface area contributed by atoms with Crippen LogP contribution in [0.3, 0.4) is 0 Å². The number of hydrogen-bond donors (Lipinski definition) is 1. The van der Waals surface area contributed by atoms with Crippen LogP contribution in [-0.2, 0) is 16.0 Å². The number of nitrogens with zero attached hydrogens (tertiary/aromatic N) is 1. The van der Waals surface area contributed by atoms with Crippen molar-refractivity contribution in [2.75, 3.05) is 7.11 Å². The van der Waals surface area contributed by atoms with Gasteiger partial charge in [0.15, 0.2) is 5.76 Å². The van der Waals surface area contributed by atoms with Gasteiger partial charge >= 0.3 is 0 Å². The molecule has 4 aromatic rings. The van der Waals surface area contributed by atoms with Gasteiger partial charge in [-0.3, -0.25) is 4.79 Å². The first-order valence-corrected chi connectivity index (χ1v) is 9.13. The largest absolute Gasteiger partial charge is 0.491 e. The molecule has 2 heterocycles. The van der Waals surface area contributed by atoms with Crippen molar-refractivity contribution in [3.63, 3.8) is 0 Å². The first kappa shape index (κ1) is 18.6. The van der Waals surface area contributed by atoms with E-state index in [4.69, 9.17) is 19.3 Å². The molecule has 6 heteroatoms. The lowest BCUT2D eigenvalue weighted by Crippen LogP contribution is -2.14. The molecule has 0 aliphatic heterocycles. The molecule has 0 bridgehead atoms. The lowest BCUT2D eigenvalue weighted by atomic mass is 10.1. The molecule has 4 rings (SSSR count). The zero-order valence-corrected chi connectivity index (χ0v) is 16.1. The van der Waals surface area contributed by atoms with Crippen molar-refractivity contribution in [2.24, 2.45) is 5.73 Å². The molecular weight excluding hydrogens is 368 g/mol. The monoisotopic (exact) mass is 388 g/mol. The third-order valence-electron chi connectivity index (χ3n) is 4.61. The number of aromatic nitrogens is 1. The summed E-state index contributed by atoms with van der Waals surface area (Å²) in [5, 5.41) is 0.915. The van der Waals surface area contributed by atoms with Crippen LogP contribution in [0.2, 0.25) is 0 Å². The lowest BCUT2D eigenvalue weighted by molar-refractivity contribution is -0.117. The highest BCUT2D eigenvalue weighted by atomic mass is 16.5. The zero-order chi connectivity index (χ0) is 20.4. The molecular formula is C23H20N2O4. The number of benzene rings is 2. The number of carbonyl (C=O) groups is 1. The van der Waals surface area contributed by atoms with Crippen LogP contribution in [0, 0.1) is 6.92 Å². The third kappa shape index (κ3) is 3.91. The summed E-state index contributed by atoms with van der Waals surface area (Å²) >= 11 is 0. The van der Waals surface area contributed by atoms with Crippen molar-refractivity contribution in [2.45, 2.75) is 13.3 Å². The molecule has 2 aromatic heterocycles. The highest BCUT2D eigenvalue weighted by Gasteiger charge is 2.14. The number of hydrogen-bond acceptors (Lipinski definition) is 5. The Morgan fingerprint density at radius 1 is 1.14 bits per heavy atom. The van der Waals surface area contributed by atoms with Crippen LogP contribution in [0.25, 0.3) is 28.5 Å². The van der Waals surface area contributed by atoms with Gasteiger partial charge in [-0.2, -0.15) is 0 Å². The van der Waals surface area contributed by atoms with Crippen molar-refractivity contribution in [3.05, 3.63) is 83.1 Å². The van der Waals surface area contributed by atoms with Crippen molar-refractivity contribution in [1.29, 1.82) is 0 Å². The maximum absolute atomic E-state index is 11.3. The molecule has 0 fully saturated rings. The summed E-state index contributed by atoms with van der Waals surface area (Å²) in [5.41, 5.74) is 8.60. The molecule has 0 saturated heterocycles. The number of carbonyl (C=O) groups excluding carboxylic acids is 1. The lowest BCUT2D eigenvalue weighted by Gasteiger charge is -2.01. The Morgan fingerprint density at radius 3 is 2.66 bits per heavy atom. The van der Waals surface area contributed by atoms with E-state index < -0.39 is 5.91 Å². The van der Waals surface area contributed by atoms with Crippen LogP contribution >= 0.6 is 0 Å². The molecule has 2 N–H and O–H groups in total. The SMILES string of the molecule is COC(=Cc1ccc2oc(Cc3nc(-c4ccccc4)oc3C)cc2c1)C(N)=O. The summed E-state index contributed by atoms with van der Waals surface area (Å²) in [6, 6.07) is 17.3. The number of ether oxygens (including phenoxy) is 1. The maximum Gasteiger partial charge on any atom is 0.283 e. The molecule has 0 aliphatic carbocycles. The standard InChI is InChI=1S/C23H20N2O4/c1-14-19(25-23(28-14)16-6-4-3-5-7-16)13-18-12-17-10-15(8-9-20(17)29-18)11-21(27-2)22(24)26/h3-12H,13H2,1-2H3,(H2,24,26). The quantitative estimate of drug-likeness (QED) is 0.389. The van der Waals surface area contributed by atoms with E-state index in [-0.39, 0.29) is 5.76 Å². The number of amides is 1. The van der Waals surface area contributed by atoms with Crippen molar-refractivity contribution < 1.29 is 18.4 Å². The van der Waals surface area contributed by atoms with Crippen molar-refractivity contribution in [3.8, 4) is 11.5 Å². The maximum atomic E-state index is 11.3. The van der Waals surface area contributed by atoms with Crippen LogP contribution in [0.15, 0.2) is 69.2 Å². The van der Waals surface area contributed by atoms with Crippen LogP contribution in [0.5, 0.6) is 0 Å². The average Bonchev–Trinajstić information content (AvgIpc) is 3.29. The van der Waals surface area contributed by atoms with E-state index in [1.54, 1.807) is 6.08 Å². The summed E-state index contributed by atoms with van der Waals surface area (Å²) in [6.07, 6.45) is 2.12. The second-order valence-electron chi connectivity index (χ2n) is 6.65. The number of methoxy groups -OCH3 is 1. The fourth-order valence-electron chi connectivity index (χ4n) is 3.14. The Kier molecular flexibility index (Phi) is 4.91. The second-order valence-corrected chi connectivity index (χ2v) is 6.65. The van der Waals surface area contributed by atoms with E-state index in [9.17, 15) is 4.79 Å². The molecule has 0 spiro atoms. The van der Waals surface area contributed by atoms with Gasteiger partial charge < -0.3 is 19.3 Å². The van der Waals surface area contributed by atoms with E-state index in [0.29, 0.717) is 12.3 Å². The van der Waals surface area contributed by atoms with Crippen molar-refractivity contribution >= 4 is 23.0 Å². The van der Waals surface area contributed by atoms with E-state index in [2.05, 4.69) is 4.98 Å². The molecule has 0 atom stereocenters. The highest BCUT2D eigenvalue weighted by Crippen LogP contribution is 2.27. The molecule has 0 unspecified atom stereocenters. The smallest absolute Gasteiger partial charge is 0.283 e. The predicted molar refractivity (Wildman–Crippen MR) is 110 cm³/mol. The minimum atomic E-state index is -0.615. The predicted octanol–water partition coefficient (Wildman–Crippen LogP) is 4.46. The van der Waals surface area contributed by atoms with Gasteiger partial charge in [-0.1, -0.05) is 24.3 Å².